The summed E-state index contributed by atoms with van der Waals surface area (Å²) in [5.74, 6) is 0.515. The number of halogens is 1. The lowest BCUT2D eigenvalue weighted by atomic mass is 10.0. The highest BCUT2D eigenvalue weighted by molar-refractivity contribution is 5.47. The summed E-state index contributed by atoms with van der Waals surface area (Å²) < 4.78 is 13.9. The largest absolute Gasteiger partial charge is 0.309 e. The maximum Gasteiger partial charge on any atom is 0.178 e. The summed E-state index contributed by atoms with van der Waals surface area (Å²) >= 11 is 0. The SMILES string of the molecule is Fc1ccccc1CN1CCCC(NCc2cnc(-c3ccccn3)nc2)C1. The number of hydrogen-bond donors (Lipinski definition) is 1. The van der Waals surface area contributed by atoms with Crippen LogP contribution in [0.15, 0.2) is 61.1 Å². The minimum Gasteiger partial charge on any atom is -0.309 e. The van der Waals surface area contributed by atoms with E-state index in [9.17, 15) is 4.39 Å². The molecule has 4 rings (SSSR count). The summed E-state index contributed by atoms with van der Waals surface area (Å²) in [6.45, 7) is 3.31. The minimum atomic E-state index is -0.122. The highest BCUT2D eigenvalue weighted by Gasteiger charge is 2.20. The second-order valence-electron chi connectivity index (χ2n) is 7.18. The molecule has 2 aromatic heterocycles. The number of likely N-dealkylation sites (tertiary alicyclic amines) is 1. The van der Waals surface area contributed by atoms with Crippen LogP contribution in [-0.4, -0.2) is 39.0 Å². The van der Waals surface area contributed by atoms with Crippen LogP contribution in [0.25, 0.3) is 11.5 Å². The monoisotopic (exact) mass is 377 g/mol. The smallest absolute Gasteiger partial charge is 0.178 e. The molecule has 0 amide bonds. The molecule has 0 bridgehead atoms. The zero-order valence-electron chi connectivity index (χ0n) is 15.8. The van der Waals surface area contributed by atoms with Crippen molar-refractivity contribution >= 4 is 0 Å². The molecule has 1 N–H and O–H groups in total. The number of piperidine rings is 1. The van der Waals surface area contributed by atoms with Crippen LogP contribution < -0.4 is 5.32 Å². The van der Waals surface area contributed by atoms with Crippen molar-refractivity contribution < 1.29 is 4.39 Å². The third kappa shape index (κ3) is 4.77. The van der Waals surface area contributed by atoms with E-state index in [-0.39, 0.29) is 5.82 Å². The summed E-state index contributed by atoms with van der Waals surface area (Å²) in [7, 11) is 0. The Morgan fingerprint density at radius 2 is 1.86 bits per heavy atom. The fourth-order valence-electron chi connectivity index (χ4n) is 3.57. The molecule has 1 aliphatic rings. The molecule has 1 aromatic carbocycles. The first-order valence-corrected chi connectivity index (χ1v) is 9.69. The molecule has 144 valence electrons. The van der Waals surface area contributed by atoms with Crippen LogP contribution in [0.5, 0.6) is 0 Å². The molecular formula is C22H24FN5. The molecule has 0 spiro atoms. The van der Waals surface area contributed by atoms with Gasteiger partial charge in [-0.2, -0.15) is 0 Å². The van der Waals surface area contributed by atoms with Gasteiger partial charge in [-0.05, 0) is 37.6 Å². The third-order valence-corrected chi connectivity index (χ3v) is 5.05. The van der Waals surface area contributed by atoms with Gasteiger partial charge in [-0.25, -0.2) is 14.4 Å². The van der Waals surface area contributed by atoms with Crippen molar-refractivity contribution in [1.82, 2.24) is 25.2 Å². The van der Waals surface area contributed by atoms with E-state index < -0.39 is 0 Å². The summed E-state index contributed by atoms with van der Waals surface area (Å²) in [5.41, 5.74) is 2.59. The van der Waals surface area contributed by atoms with E-state index in [1.165, 1.54) is 6.07 Å². The highest BCUT2D eigenvalue weighted by Crippen LogP contribution is 2.16. The van der Waals surface area contributed by atoms with Gasteiger partial charge in [0.2, 0.25) is 0 Å². The van der Waals surface area contributed by atoms with E-state index in [4.69, 9.17) is 0 Å². The fraction of sp³-hybridized carbons (Fsp3) is 0.318. The lowest BCUT2D eigenvalue weighted by molar-refractivity contribution is 0.181. The molecule has 1 aliphatic heterocycles. The van der Waals surface area contributed by atoms with Gasteiger partial charge in [0.15, 0.2) is 5.82 Å². The van der Waals surface area contributed by atoms with Gasteiger partial charge in [-0.3, -0.25) is 9.88 Å². The van der Waals surface area contributed by atoms with Crippen molar-refractivity contribution in [2.45, 2.75) is 32.0 Å². The summed E-state index contributed by atoms with van der Waals surface area (Å²) in [5, 5.41) is 3.60. The number of hydrogen-bond acceptors (Lipinski definition) is 5. The summed E-state index contributed by atoms with van der Waals surface area (Å²) in [4.78, 5) is 15.4. The van der Waals surface area contributed by atoms with Crippen molar-refractivity contribution in [3.8, 4) is 11.5 Å². The maximum atomic E-state index is 13.9. The number of nitrogens with one attached hydrogen (secondary N) is 1. The van der Waals surface area contributed by atoms with E-state index in [1.54, 1.807) is 12.3 Å². The molecule has 1 atom stereocenters. The topological polar surface area (TPSA) is 53.9 Å². The second-order valence-corrected chi connectivity index (χ2v) is 7.18. The number of benzene rings is 1. The van der Waals surface area contributed by atoms with Crippen LogP contribution in [-0.2, 0) is 13.1 Å². The van der Waals surface area contributed by atoms with Crippen molar-refractivity contribution in [2.24, 2.45) is 0 Å². The molecule has 0 aliphatic carbocycles. The van der Waals surface area contributed by atoms with Gasteiger partial charge in [0, 0.05) is 55.4 Å². The van der Waals surface area contributed by atoms with E-state index in [0.717, 1.165) is 49.3 Å². The molecule has 1 unspecified atom stereocenters. The second kappa shape index (κ2) is 8.99. The lowest BCUT2D eigenvalue weighted by Crippen LogP contribution is -2.45. The van der Waals surface area contributed by atoms with Crippen molar-refractivity contribution in [3.63, 3.8) is 0 Å². The normalized spacial score (nSPS) is 17.5. The third-order valence-electron chi connectivity index (χ3n) is 5.05. The minimum absolute atomic E-state index is 0.122. The predicted molar refractivity (Wildman–Crippen MR) is 107 cm³/mol. The van der Waals surface area contributed by atoms with E-state index >= 15 is 0 Å². The van der Waals surface area contributed by atoms with Gasteiger partial charge in [-0.15, -0.1) is 0 Å². The first kappa shape index (κ1) is 18.7. The molecule has 1 saturated heterocycles. The Balaban J connectivity index is 1.30. The van der Waals surface area contributed by atoms with Gasteiger partial charge in [0.25, 0.3) is 0 Å². The average molecular weight is 377 g/mol. The summed E-state index contributed by atoms with van der Waals surface area (Å²) in [6.07, 6.45) is 7.68. The average Bonchev–Trinajstić information content (AvgIpc) is 2.75. The standard InChI is InChI=1S/C22H24FN5/c23-20-8-2-1-6-18(20)15-28-11-5-7-19(16-28)25-12-17-13-26-22(27-14-17)21-9-3-4-10-24-21/h1-4,6,8-10,13-14,19,25H,5,7,11-12,15-16H2. The first-order valence-electron chi connectivity index (χ1n) is 9.69. The Bertz CT molecular complexity index is 885. The molecule has 28 heavy (non-hydrogen) atoms. The highest BCUT2D eigenvalue weighted by atomic mass is 19.1. The zero-order chi connectivity index (χ0) is 19.2. The maximum absolute atomic E-state index is 13.9. The Hall–Kier alpha value is -2.70. The fourth-order valence-corrected chi connectivity index (χ4v) is 3.57. The van der Waals surface area contributed by atoms with Crippen LogP contribution in [0.4, 0.5) is 4.39 Å². The molecule has 3 heterocycles. The molecular weight excluding hydrogens is 353 g/mol. The Kier molecular flexibility index (Phi) is 5.99. The van der Waals surface area contributed by atoms with Crippen LogP contribution in [0.1, 0.15) is 24.0 Å². The van der Waals surface area contributed by atoms with Gasteiger partial charge >= 0.3 is 0 Å². The van der Waals surface area contributed by atoms with Gasteiger partial charge in [-0.1, -0.05) is 24.3 Å². The van der Waals surface area contributed by atoms with Gasteiger partial charge in [0.1, 0.15) is 11.5 Å². The molecule has 3 aromatic rings. The Labute approximate surface area is 164 Å². The van der Waals surface area contributed by atoms with Gasteiger partial charge < -0.3 is 5.32 Å². The Morgan fingerprint density at radius 1 is 1.04 bits per heavy atom. The van der Waals surface area contributed by atoms with Crippen molar-refractivity contribution in [3.05, 3.63) is 78.0 Å². The quantitative estimate of drug-likeness (QED) is 0.713. The summed E-state index contributed by atoms with van der Waals surface area (Å²) in [6, 6.07) is 13.1. The Morgan fingerprint density at radius 3 is 2.64 bits per heavy atom. The molecule has 5 nitrogen and oxygen atoms in total. The van der Waals surface area contributed by atoms with Crippen LogP contribution in [0.2, 0.25) is 0 Å². The number of pyridine rings is 1. The van der Waals surface area contributed by atoms with Crippen molar-refractivity contribution in [1.29, 1.82) is 0 Å². The number of aromatic nitrogens is 3. The van der Waals surface area contributed by atoms with E-state index in [1.807, 2.05) is 42.7 Å². The lowest BCUT2D eigenvalue weighted by Gasteiger charge is -2.33. The van der Waals surface area contributed by atoms with Crippen LogP contribution >= 0.6 is 0 Å². The van der Waals surface area contributed by atoms with Crippen molar-refractivity contribution in [2.75, 3.05) is 13.1 Å². The predicted octanol–water partition coefficient (Wildman–Crippen LogP) is 3.43. The molecule has 6 heteroatoms. The van der Waals surface area contributed by atoms with Crippen LogP contribution in [0, 0.1) is 5.82 Å². The molecule has 1 fully saturated rings. The first-order chi connectivity index (χ1) is 13.8. The van der Waals surface area contributed by atoms with E-state index in [2.05, 4.69) is 25.2 Å². The molecule has 0 radical (unpaired) electrons. The number of rotatable bonds is 6. The van der Waals surface area contributed by atoms with Gasteiger partial charge in [0.05, 0.1) is 0 Å². The van der Waals surface area contributed by atoms with E-state index in [0.29, 0.717) is 18.4 Å². The molecule has 0 saturated carbocycles. The number of nitrogens with zero attached hydrogens (tertiary/aromatic N) is 4. The zero-order valence-corrected chi connectivity index (χ0v) is 15.8. The van der Waals surface area contributed by atoms with Crippen LogP contribution in [0.3, 0.4) is 0 Å².